The molecular weight excluding hydrogens is 216 g/mol. The highest BCUT2D eigenvalue weighted by Gasteiger charge is 2.35. The molecule has 0 radical (unpaired) electrons. The molecule has 0 aliphatic carbocycles. The van der Waals surface area contributed by atoms with E-state index in [1.165, 1.54) is 28.4 Å². The predicted octanol–water partition coefficient (Wildman–Crippen LogP) is -0.762. The zero-order valence-electron chi connectivity index (χ0n) is 10.1. The molecule has 0 rings (SSSR count). The van der Waals surface area contributed by atoms with Gasteiger partial charge in [-0.05, 0) is 0 Å². The number of ether oxygens (including phenoxy) is 4. The molecule has 0 aromatic rings. The first-order valence-electron chi connectivity index (χ1n) is 4.87. The highest BCUT2D eigenvalue weighted by molar-refractivity contribution is 5.57. The summed E-state index contributed by atoms with van der Waals surface area (Å²) in [5.74, 6) is 0. The number of hydrogen-bond acceptors (Lipinski definition) is 6. The van der Waals surface area contributed by atoms with Crippen LogP contribution < -0.4 is 0 Å². The molecule has 0 amide bonds. The minimum absolute atomic E-state index is 0.232. The standard InChI is InChI=1S/C10H20O6/c1-13-7(5-11)9(15-3)10(16-4)8(6-12)14-2/h5,7-10,12H,6H2,1-4H3/t7-,8+,9+,10+/m0/s1. The van der Waals surface area contributed by atoms with E-state index >= 15 is 0 Å². The molecule has 96 valence electrons. The Kier molecular flexibility index (Phi) is 8.32. The molecule has 0 aliphatic rings. The third-order valence-electron chi connectivity index (χ3n) is 2.45. The summed E-state index contributed by atoms with van der Waals surface area (Å²) in [5.41, 5.74) is 0. The number of aliphatic hydroxyl groups excluding tert-OH is 1. The fourth-order valence-corrected chi connectivity index (χ4v) is 1.53. The molecule has 0 bridgehead atoms. The number of rotatable bonds is 9. The molecule has 0 aromatic carbocycles. The van der Waals surface area contributed by atoms with Gasteiger partial charge in [-0.25, -0.2) is 0 Å². The maximum absolute atomic E-state index is 10.8. The van der Waals surface area contributed by atoms with Crippen molar-refractivity contribution in [2.24, 2.45) is 0 Å². The van der Waals surface area contributed by atoms with Crippen LogP contribution in [0, 0.1) is 0 Å². The second-order valence-electron chi connectivity index (χ2n) is 3.19. The van der Waals surface area contributed by atoms with Gasteiger partial charge in [0.25, 0.3) is 0 Å². The van der Waals surface area contributed by atoms with Gasteiger partial charge >= 0.3 is 0 Å². The van der Waals surface area contributed by atoms with E-state index in [4.69, 9.17) is 24.1 Å². The lowest BCUT2D eigenvalue weighted by Crippen LogP contribution is -2.49. The van der Waals surface area contributed by atoms with Gasteiger partial charge in [0.05, 0.1) is 6.61 Å². The van der Waals surface area contributed by atoms with Gasteiger partial charge < -0.3 is 28.8 Å². The van der Waals surface area contributed by atoms with Gasteiger partial charge in [-0.3, -0.25) is 0 Å². The number of carbonyl (C=O) groups excluding carboxylic acids is 1. The summed E-state index contributed by atoms with van der Waals surface area (Å²) in [7, 11) is 5.74. The van der Waals surface area contributed by atoms with Crippen molar-refractivity contribution in [2.75, 3.05) is 35.0 Å². The maximum Gasteiger partial charge on any atom is 0.151 e. The first-order chi connectivity index (χ1) is 7.69. The lowest BCUT2D eigenvalue weighted by Gasteiger charge is -2.32. The Morgan fingerprint density at radius 2 is 1.56 bits per heavy atom. The third kappa shape index (κ3) is 3.80. The van der Waals surface area contributed by atoms with Crippen molar-refractivity contribution in [1.82, 2.24) is 0 Å². The van der Waals surface area contributed by atoms with E-state index in [9.17, 15) is 4.79 Å². The largest absolute Gasteiger partial charge is 0.394 e. The van der Waals surface area contributed by atoms with Crippen molar-refractivity contribution in [2.45, 2.75) is 24.4 Å². The first kappa shape index (κ1) is 15.5. The Bertz CT molecular complexity index is 182. The van der Waals surface area contributed by atoms with Crippen molar-refractivity contribution in [1.29, 1.82) is 0 Å². The molecule has 0 spiro atoms. The van der Waals surface area contributed by atoms with Crippen LogP contribution in [-0.4, -0.2) is 70.9 Å². The summed E-state index contributed by atoms with van der Waals surface area (Å²) in [6.07, 6.45) is -1.93. The Morgan fingerprint density at radius 3 is 1.81 bits per heavy atom. The topological polar surface area (TPSA) is 74.2 Å². The van der Waals surface area contributed by atoms with E-state index in [1.54, 1.807) is 0 Å². The molecule has 0 fully saturated rings. The zero-order chi connectivity index (χ0) is 12.6. The SMILES string of the molecule is CO[C@@H]([C@H](OC)[C@@H](CO)OC)[C@H](C=O)OC. The fourth-order valence-electron chi connectivity index (χ4n) is 1.53. The maximum atomic E-state index is 10.8. The van der Waals surface area contributed by atoms with Crippen LogP contribution in [0.5, 0.6) is 0 Å². The smallest absolute Gasteiger partial charge is 0.151 e. The van der Waals surface area contributed by atoms with Gasteiger partial charge in [-0.15, -0.1) is 0 Å². The molecule has 6 nitrogen and oxygen atoms in total. The molecule has 0 saturated carbocycles. The number of methoxy groups -OCH3 is 4. The number of carbonyl (C=O) groups is 1. The van der Waals surface area contributed by atoms with Gasteiger partial charge in [0.2, 0.25) is 0 Å². The first-order valence-corrected chi connectivity index (χ1v) is 4.87. The second-order valence-corrected chi connectivity index (χ2v) is 3.19. The highest BCUT2D eigenvalue weighted by atomic mass is 16.6. The normalized spacial score (nSPS) is 18.8. The van der Waals surface area contributed by atoms with E-state index in [2.05, 4.69) is 0 Å². The van der Waals surface area contributed by atoms with Crippen molar-refractivity contribution in [3.8, 4) is 0 Å². The summed E-state index contributed by atoms with van der Waals surface area (Å²) in [4.78, 5) is 10.8. The van der Waals surface area contributed by atoms with Crippen LogP contribution >= 0.6 is 0 Å². The quantitative estimate of drug-likeness (QED) is 0.530. The third-order valence-corrected chi connectivity index (χ3v) is 2.45. The van der Waals surface area contributed by atoms with E-state index < -0.39 is 24.4 Å². The lowest BCUT2D eigenvalue weighted by atomic mass is 10.0. The molecule has 1 N–H and O–H groups in total. The summed E-state index contributed by atoms with van der Waals surface area (Å²) < 4.78 is 20.4. The van der Waals surface area contributed by atoms with E-state index in [0.717, 1.165) is 0 Å². The van der Waals surface area contributed by atoms with Crippen molar-refractivity contribution in [3.05, 3.63) is 0 Å². The van der Waals surface area contributed by atoms with E-state index in [-0.39, 0.29) is 6.61 Å². The monoisotopic (exact) mass is 236 g/mol. The van der Waals surface area contributed by atoms with Crippen LogP contribution in [-0.2, 0) is 23.7 Å². The Balaban J connectivity index is 4.78. The molecule has 16 heavy (non-hydrogen) atoms. The Hall–Kier alpha value is -0.530. The molecule has 0 heterocycles. The second kappa shape index (κ2) is 8.60. The fraction of sp³-hybridized carbons (Fsp3) is 0.900. The van der Waals surface area contributed by atoms with Crippen LogP contribution in [0.15, 0.2) is 0 Å². The zero-order valence-corrected chi connectivity index (χ0v) is 10.1. The summed E-state index contributed by atoms with van der Waals surface area (Å²) in [6.45, 7) is -0.232. The summed E-state index contributed by atoms with van der Waals surface area (Å²) >= 11 is 0. The van der Waals surface area contributed by atoms with Gasteiger partial charge in [-0.2, -0.15) is 0 Å². The summed E-state index contributed by atoms with van der Waals surface area (Å²) in [6, 6.07) is 0. The van der Waals surface area contributed by atoms with Crippen molar-refractivity contribution < 1.29 is 28.8 Å². The minimum atomic E-state index is -0.765. The van der Waals surface area contributed by atoms with E-state index in [1.807, 2.05) is 0 Å². The highest BCUT2D eigenvalue weighted by Crippen LogP contribution is 2.14. The van der Waals surface area contributed by atoms with Crippen LogP contribution in [0.1, 0.15) is 0 Å². The Morgan fingerprint density at radius 1 is 1.00 bits per heavy atom. The molecule has 0 unspecified atom stereocenters. The van der Waals surface area contributed by atoms with Crippen molar-refractivity contribution in [3.63, 3.8) is 0 Å². The van der Waals surface area contributed by atoms with Gasteiger partial charge in [0.1, 0.15) is 24.4 Å². The van der Waals surface area contributed by atoms with Crippen LogP contribution in [0.25, 0.3) is 0 Å². The van der Waals surface area contributed by atoms with E-state index in [0.29, 0.717) is 6.29 Å². The summed E-state index contributed by atoms with van der Waals surface area (Å²) in [5, 5.41) is 9.11. The van der Waals surface area contributed by atoms with Crippen LogP contribution in [0.2, 0.25) is 0 Å². The molecule has 4 atom stereocenters. The number of aliphatic hydroxyl groups is 1. The predicted molar refractivity (Wildman–Crippen MR) is 56.3 cm³/mol. The van der Waals surface area contributed by atoms with Crippen LogP contribution in [0.4, 0.5) is 0 Å². The number of hydrogen-bond donors (Lipinski definition) is 1. The molecular formula is C10H20O6. The number of aldehydes is 1. The van der Waals surface area contributed by atoms with Gasteiger partial charge in [0.15, 0.2) is 6.29 Å². The Labute approximate surface area is 95.4 Å². The van der Waals surface area contributed by atoms with Crippen molar-refractivity contribution >= 4 is 6.29 Å². The molecule has 0 aromatic heterocycles. The van der Waals surface area contributed by atoms with Gasteiger partial charge in [-0.1, -0.05) is 0 Å². The lowest BCUT2D eigenvalue weighted by molar-refractivity contribution is -0.160. The molecule has 0 aliphatic heterocycles. The average molecular weight is 236 g/mol. The van der Waals surface area contributed by atoms with Crippen LogP contribution in [0.3, 0.4) is 0 Å². The average Bonchev–Trinajstić information content (AvgIpc) is 2.33. The minimum Gasteiger partial charge on any atom is -0.394 e. The molecule has 6 heteroatoms. The van der Waals surface area contributed by atoms with Gasteiger partial charge in [0, 0.05) is 28.4 Å². The molecule has 0 saturated heterocycles.